The first-order valence-corrected chi connectivity index (χ1v) is 4.83. The summed E-state index contributed by atoms with van der Waals surface area (Å²) in [6, 6.07) is 0.755. The fourth-order valence-corrected chi connectivity index (χ4v) is 1.43. The van der Waals surface area contributed by atoms with Gasteiger partial charge in [0.2, 0.25) is 0 Å². The highest BCUT2D eigenvalue weighted by Crippen LogP contribution is 2.26. The summed E-state index contributed by atoms with van der Waals surface area (Å²) in [6.07, 6.45) is 3.66. The Morgan fingerprint density at radius 2 is 2.09 bits per heavy atom. The van der Waals surface area contributed by atoms with Gasteiger partial charge in [-0.25, -0.2) is 0 Å². The van der Waals surface area contributed by atoms with Crippen molar-refractivity contribution >= 4 is 11.6 Å². The minimum Gasteiger partial charge on any atom is -0.395 e. The molecule has 66 valence electrons. The van der Waals surface area contributed by atoms with Crippen molar-refractivity contribution in [3.8, 4) is 0 Å². The molecular weight excluding hydrogens is 162 g/mol. The lowest BCUT2D eigenvalue weighted by molar-refractivity contribution is 0.190. The third kappa shape index (κ3) is 3.41. The van der Waals surface area contributed by atoms with Crippen molar-refractivity contribution in [3.63, 3.8) is 0 Å². The smallest absolute Gasteiger partial charge is 0.0558 e. The van der Waals surface area contributed by atoms with Gasteiger partial charge in [-0.3, -0.25) is 4.90 Å². The second kappa shape index (κ2) is 4.96. The predicted molar refractivity (Wildman–Crippen MR) is 47.0 cm³/mol. The maximum Gasteiger partial charge on any atom is 0.0558 e. The molecule has 0 atom stereocenters. The Bertz CT molecular complexity index is 106. The van der Waals surface area contributed by atoms with Gasteiger partial charge >= 0.3 is 0 Å². The number of hydrogen-bond donors (Lipinski definition) is 1. The first-order chi connectivity index (χ1) is 5.38. The first kappa shape index (κ1) is 9.30. The molecule has 3 heteroatoms. The average molecular weight is 178 g/mol. The summed E-state index contributed by atoms with van der Waals surface area (Å²) < 4.78 is 0. The number of rotatable bonds is 6. The molecule has 0 aromatic heterocycles. The van der Waals surface area contributed by atoms with Crippen molar-refractivity contribution in [3.05, 3.63) is 0 Å². The van der Waals surface area contributed by atoms with Gasteiger partial charge in [-0.2, -0.15) is 0 Å². The summed E-state index contributed by atoms with van der Waals surface area (Å²) in [7, 11) is 0. The lowest BCUT2D eigenvalue weighted by Gasteiger charge is -2.19. The zero-order valence-corrected chi connectivity index (χ0v) is 7.56. The average Bonchev–Trinajstić information content (AvgIpc) is 2.80. The molecule has 0 heterocycles. The highest BCUT2D eigenvalue weighted by atomic mass is 35.5. The van der Waals surface area contributed by atoms with Crippen LogP contribution in [0.4, 0.5) is 0 Å². The molecule has 0 unspecified atom stereocenters. The number of aliphatic hydroxyl groups excluding tert-OH is 1. The third-order valence-electron chi connectivity index (χ3n) is 2.03. The quantitative estimate of drug-likeness (QED) is 0.614. The lowest BCUT2D eigenvalue weighted by atomic mass is 10.4. The highest BCUT2D eigenvalue weighted by molar-refractivity contribution is 6.17. The molecule has 0 aromatic rings. The van der Waals surface area contributed by atoms with Crippen molar-refractivity contribution in [1.29, 1.82) is 0 Å². The van der Waals surface area contributed by atoms with Crippen molar-refractivity contribution in [2.75, 3.05) is 25.6 Å². The summed E-state index contributed by atoms with van der Waals surface area (Å²) in [5.74, 6) is 0.731. The normalized spacial score (nSPS) is 17.7. The Kier molecular flexibility index (Phi) is 4.20. The van der Waals surface area contributed by atoms with Crippen LogP contribution in [0, 0.1) is 0 Å². The highest BCUT2D eigenvalue weighted by Gasteiger charge is 2.27. The minimum absolute atomic E-state index is 0.277. The van der Waals surface area contributed by atoms with Gasteiger partial charge in [0.15, 0.2) is 0 Å². The molecule has 2 nitrogen and oxygen atoms in total. The van der Waals surface area contributed by atoms with Gasteiger partial charge in [0.1, 0.15) is 0 Å². The Morgan fingerprint density at radius 1 is 1.36 bits per heavy atom. The summed E-state index contributed by atoms with van der Waals surface area (Å²) in [6.45, 7) is 2.15. The fraction of sp³-hybridized carbons (Fsp3) is 1.00. The van der Waals surface area contributed by atoms with E-state index in [4.69, 9.17) is 16.7 Å². The van der Waals surface area contributed by atoms with E-state index in [-0.39, 0.29) is 6.61 Å². The van der Waals surface area contributed by atoms with Crippen molar-refractivity contribution in [1.82, 2.24) is 4.90 Å². The Labute approximate surface area is 73.1 Å². The molecule has 1 N–H and O–H groups in total. The van der Waals surface area contributed by atoms with Crippen LogP contribution in [0.1, 0.15) is 19.3 Å². The molecule has 0 radical (unpaired) electrons. The van der Waals surface area contributed by atoms with E-state index in [1.165, 1.54) is 12.8 Å². The van der Waals surface area contributed by atoms with Crippen LogP contribution >= 0.6 is 11.6 Å². The van der Waals surface area contributed by atoms with Crippen molar-refractivity contribution in [2.45, 2.75) is 25.3 Å². The number of alkyl halides is 1. The topological polar surface area (TPSA) is 23.5 Å². The molecular formula is C8H16ClNO. The van der Waals surface area contributed by atoms with E-state index in [0.717, 1.165) is 31.4 Å². The van der Waals surface area contributed by atoms with Crippen LogP contribution in [0.5, 0.6) is 0 Å². The number of halogens is 1. The van der Waals surface area contributed by atoms with Crippen LogP contribution in [0.2, 0.25) is 0 Å². The lowest BCUT2D eigenvalue weighted by Crippen LogP contribution is -2.30. The van der Waals surface area contributed by atoms with Gasteiger partial charge in [0.25, 0.3) is 0 Å². The molecule has 1 fully saturated rings. The number of aliphatic hydroxyl groups is 1. The molecule has 11 heavy (non-hydrogen) atoms. The van der Waals surface area contributed by atoms with E-state index in [9.17, 15) is 0 Å². The van der Waals surface area contributed by atoms with Crippen LogP contribution in [0.15, 0.2) is 0 Å². The van der Waals surface area contributed by atoms with E-state index in [1.807, 2.05) is 0 Å². The van der Waals surface area contributed by atoms with Crippen LogP contribution in [-0.2, 0) is 0 Å². The summed E-state index contributed by atoms with van der Waals surface area (Å²) in [4.78, 5) is 2.34. The maximum atomic E-state index is 8.74. The van der Waals surface area contributed by atoms with Gasteiger partial charge in [0.05, 0.1) is 6.61 Å². The fourth-order valence-electron chi connectivity index (χ4n) is 1.31. The van der Waals surface area contributed by atoms with Gasteiger partial charge < -0.3 is 5.11 Å². The van der Waals surface area contributed by atoms with Crippen LogP contribution < -0.4 is 0 Å². The molecule has 1 saturated carbocycles. The van der Waals surface area contributed by atoms with E-state index in [0.29, 0.717) is 0 Å². The summed E-state index contributed by atoms with van der Waals surface area (Å²) in [5, 5.41) is 8.74. The molecule has 0 bridgehead atoms. The Hall–Kier alpha value is 0.210. The zero-order chi connectivity index (χ0) is 8.10. The van der Waals surface area contributed by atoms with Gasteiger partial charge in [-0.1, -0.05) is 0 Å². The molecule has 1 rings (SSSR count). The van der Waals surface area contributed by atoms with E-state index in [1.54, 1.807) is 0 Å². The van der Waals surface area contributed by atoms with E-state index >= 15 is 0 Å². The largest absolute Gasteiger partial charge is 0.395 e. The van der Waals surface area contributed by atoms with Crippen LogP contribution in [0.25, 0.3) is 0 Å². The second-order valence-corrected chi connectivity index (χ2v) is 3.41. The van der Waals surface area contributed by atoms with Gasteiger partial charge in [-0.15, -0.1) is 11.6 Å². The maximum absolute atomic E-state index is 8.74. The molecule has 0 saturated heterocycles. The molecule has 0 aliphatic heterocycles. The molecule has 0 aromatic carbocycles. The molecule has 1 aliphatic rings. The van der Waals surface area contributed by atoms with Crippen LogP contribution in [-0.4, -0.2) is 41.6 Å². The predicted octanol–water partition coefficient (Wildman–Crippen LogP) is 1.07. The Balaban J connectivity index is 2.10. The SMILES string of the molecule is OCCN(CCCCl)C1CC1. The zero-order valence-electron chi connectivity index (χ0n) is 6.80. The first-order valence-electron chi connectivity index (χ1n) is 4.29. The van der Waals surface area contributed by atoms with Gasteiger partial charge in [0, 0.05) is 18.5 Å². The number of hydrogen-bond acceptors (Lipinski definition) is 2. The Morgan fingerprint density at radius 3 is 2.55 bits per heavy atom. The third-order valence-corrected chi connectivity index (χ3v) is 2.30. The standard InChI is InChI=1S/C8H16ClNO/c9-4-1-5-10(6-7-11)8-2-3-8/h8,11H,1-7H2. The minimum atomic E-state index is 0.277. The van der Waals surface area contributed by atoms with Crippen LogP contribution in [0.3, 0.4) is 0 Å². The number of nitrogens with zero attached hydrogens (tertiary/aromatic N) is 1. The molecule has 1 aliphatic carbocycles. The van der Waals surface area contributed by atoms with Gasteiger partial charge in [-0.05, 0) is 25.8 Å². The van der Waals surface area contributed by atoms with E-state index < -0.39 is 0 Å². The van der Waals surface area contributed by atoms with Crippen molar-refractivity contribution < 1.29 is 5.11 Å². The molecule has 0 amide bonds. The van der Waals surface area contributed by atoms with E-state index in [2.05, 4.69) is 4.90 Å². The molecule has 0 spiro atoms. The van der Waals surface area contributed by atoms with Crippen molar-refractivity contribution in [2.24, 2.45) is 0 Å². The monoisotopic (exact) mass is 177 g/mol. The summed E-state index contributed by atoms with van der Waals surface area (Å²) >= 11 is 5.58. The second-order valence-electron chi connectivity index (χ2n) is 3.03. The summed E-state index contributed by atoms with van der Waals surface area (Å²) in [5.41, 5.74) is 0.